The number of fused-ring (bicyclic) bond motifs is 3. The number of nitrogens with two attached hydrogens (primary N) is 1. The van der Waals surface area contributed by atoms with Crippen LogP contribution in [0, 0.1) is 0 Å². The van der Waals surface area contributed by atoms with E-state index in [9.17, 15) is 0 Å². The number of nitrogens with zero attached hydrogens (tertiary/aromatic N) is 1. The number of hydrogen-bond donors (Lipinski definition) is 2. The van der Waals surface area contributed by atoms with Crippen molar-refractivity contribution in [3.8, 4) is 0 Å². The first-order valence-electron chi connectivity index (χ1n) is 6.88. The van der Waals surface area contributed by atoms with E-state index in [0.717, 1.165) is 12.1 Å². The predicted molar refractivity (Wildman–Crippen MR) is 78.2 cm³/mol. The number of aromatic nitrogens is 2. The van der Waals surface area contributed by atoms with Gasteiger partial charge in [-0.3, -0.25) is 4.98 Å². The van der Waals surface area contributed by atoms with E-state index in [1.54, 1.807) is 0 Å². The standard InChI is InChI=1S/C16H17N3/c17-10-16(5-1-6-16)11-2-3-14-12(8-11)13-9-18-7-4-15(13)19-14/h2-4,7-9,19H,1,5-6,10,17H2. The average Bonchev–Trinajstić information content (AvgIpc) is 2.76. The Labute approximate surface area is 111 Å². The van der Waals surface area contributed by atoms with Crippen molar-refractivity contribution in [2.24, 2.45) is 5.73 Å². The van der Waals surface area contributed by atoms with Crippen molar-refractivity contribution in [3.05, 3.63) is 42.2 Å². The van der Waals surface area contributed by atoms with Crippen LogP contribution in [0.4, 0.5) is 0 Å². The summed E-state index contributed by atoms with van der Waals surface area (Å²) in [4.78, 5) is 7.68. The first-order valence-corrected chi connectivity index (χ1v) is 6.88. The summed E-state index contributed by atoms with van der Waals surface area (Å²) in [5, 5.41) is 2.46. The molecule has 3 heteroatoms. The topological polar surface area (TPSA) is 54.7 Å². The van der Waals surface area contributed by atoms with Gasteiger partial charge in [0.2, 0.25) is 0 Å². The largest absolute Gasteiger partial charge is 0.354 e. The maximum Gasteiger partial charge on any atom is 0.0495 e. The van der Waals surface area contributed by atoms with Crippen molar-refractivity contribution in [2.75, 3.05) is 6.54 Å². The molecule has 3 nitrogen and oxygen atoms in total. The summed E-state index contributed by atoms with van der Waals surface area (Å²) in [6.45, 7) is 0.749. The Bertz CT molecular complexity index is 747. The Hall–Kier alpha value is -1.87. The summed E-state index contributed by atoms with van der Waals surface area (Å²) < 4.78 is 0. The van der Waals surface area contributed by atoms with Crippen molar-refractivity contribution < 1.29 is 0 Å². The quantitative estimate of drug-likeness (QED) is 0.735. The summed E-state index contributed by atoms with van der Waals surface area (Å²) >= 11 is 0. The van der Waals surface area contributed by atoms with Crippen LogP contribution >= 0.6 is 0 Å². The van der Waals surface area contributed by atoms with E-state index in [-0.39, 0.29) is 5.41 Å². The SMILES string of the molecule is NCC1(c2ccc3[nH]c4ccncc4c3c2)CCC1. The van der Waals surface area contributed by atoms with Gasteiger partial charge in [-0.25, -0.2) is 0 Å². The highest BCUT2D eigenvalue weighted by atomic mass is 14.7. The van der Waals surface area contributed by atoms with Gasteiger partial charge in [-0.15, -0.1) is 0 Å². The van der Waals surface area contributed by atoms with Gasteiger partial charge in [0, 0.05) is 46.2 Å². The molecule has 2 heterocycles. The second-order valence-electron chi connectivity index (χ2n) is 5.64. The first-order chi connectivity index (χ1) is 9.32. The van der Waals surface area contributed by atoms with Crippen LogP contribution in [-0.4, -0.2) is 16.5 Å². The highest BCUT2D eigenvalue weighted by Gasteiger charge is 2.37. The van der Waals surface area contributed by atoms with E-state index in [0.29, 0.717) is 0 Å². The monoisotopic (exact) mass is 251 g/mol. The Kier molecular flexibility index (Phi) is 2.21. The average molecular weight is 251 g/mol. The van der Waals surface area contributed by atoms with Gasteiger partial charge in [-0.2, -0.15) is 0 Å². The fourth-order valence-electron chi connectivity index (χ4n) is 3.28. The van der Waals surface area contributed by atoms with Gasteiger partial charge in [0.1, 0.15) is 0 Å². The Morgan fingerprint density at radius 3 is 2.74 bits per heavy atom. The zero-order valence-corrected chi connectivity index (χ0v) is 10.8. The lowest BCUT2D eigenvalue weighted by atomic mass is 9.64. The second kappa shape index (κ2) is 3.81. The molecule has 19 heavy (non-hydrogen) atoms. The van der Waals surface area contributed by atoms with Crippen LogP contribution < -0.4 is 5.73 Å². The molecule has 1 aliphatic rings. The van der Waals surface area contributed by atoms with Crippen molar-refractivity contribution >= 4 is 21.8 Å². The van der Waals surface area contributed by atoms with Crippen molar-refractivity contribution in [3.63, 3.8) is 0 Å². The fraction of sp³-hybridized carbons (Fsp3) is 0.312. The number of nitrogens with one attached hydrogen (secondary N) is 1. The molecule has 1 saturated carbocycles. The smallest absolute Gasteiger partial charge is 0.0495 e. The minimum atomic E-state index is 0.222. The van der Waals surface area contributed by atoms with Crippen LogP contribution in [0.3, 0.4) is 0 Å². The van der Waals surface area contributed by atoms with E-state index in [1.807, 2.05) is 18.5 Å². The van der Waals surface area contributed by atoms with E-state index >= 15 is 0 Å². The van der Waals surface area contributed by atoms with Crippen LogP contribution in [0.25, 0.3) is 21.8 Å². The summed E-state index contributed by atoms with van der Waals surface area (Å²) in [5.41, 5.74) is 9.95. The molecule has 3 N–H and O–H groups in total. The van der Waals surface area contributed by atoms with Crippen LogP contribution in [0.2, 0.25) is 0 Å². The number of hydrogen-bond acceptors (Lipinski definition) is 2. The summed E-state index contributed by atoms with van der Waals surface area (Å²) in [5.74, 6) is 0. The van der Waals surface area contributed by atoms with Gasteiger partial charge >= 0.3 is 0 Å². The minimum Gasteiger partial charge on any atom is -0.354 e. The van der Waals surface area contributed by atoms with Gasteiger partial charge in [-0.05, 0) is 36.6 Å². The highest BCUT2D eigenvalue weighted by Crippen LogP contribution is 2.43. The van der Waals surface area contributed by atoms with Gasteiger partial charge in [0.25, 0.3) is 0 Å². The van der Waals surface area contributed by atoms with E-state index in [1.165, 1.54) is 41.1 Å². The third-order valence-electron chi connectivity index (χ3n) is 4.71. The molecule has 0 spiro atoms. The highest BCUT2D eigenvalue weighted by molar-refractivity contribution is 6.07. The summed E-state index contributed by atoms with van der Waals surface area (Å²) in [7, 11) is 0. The molecule has 0 amide bonds. The number of rotatable bonds is 2. The molecule has 0 atom stereocenters. The molecule has 0 unspecified atom stereocenters. The molecule has 1 fully saturated rings. The van der Waals surface area contributed by atoms with Crippen molar-refractivity contribution in [2.45, 2.75) is 24.7 Å². The zero-order valence-electron chi connectivity index (χ0n) is 10.8. The minimum absolute atomic E-state index is 0.222. The van der Waals surface area contributed by atoms with Crippen LogP contribution in [0.15, 0.2) is 36.7 Å². The zero-order chi connectivity index (χ0) is 12.9. The van der Waals surface area contributed by atoms with E-state index in [2.05, 4.69) is 28.2 Å². The fourth-order valence-corrected chi connectivity index (χ4v) is 3.28. The van der Waals surface area contributed by atoms with E-state index < -0.39 is 0 Å². The van der Waals surface area contributed by atoms with Gasteiger partial charge in [0.05, 0.1) is 0 Å². The van der Waals surface area contributed by atoms with Gasteiger partial charge in [0.15, 0.2) is 0 Å². The molecule has 0 aliphatic heterocycles. The van der Waals surface area contributed by atoms with Gasteiger partial charge in [-0.1, -0.05) is 12.5 Å². The molecule has 0 bridgehead atoms. The Balaban J connectivity index is 1.97. The number of benzene rings is 1. The molecule has 1 aromatic carbocycles. The Morgan fingerprint density at radius 1 is 1.16 bits per heavy atom. The molecule has 0 radical (unpaired) electrons. The van der Waals surface area contributed by atoms with Crippen LogP contribution in [-0.2, 0) is 5.41 Å². The third-order valence-corrected chi connectivity index (χ3v) is 4.71. The van der Waals surface area contributed by atoms with Gasteiger partial charge < -0.3 is 10.7 Å². The molecular formula is C16H17N3. The van der Waals surface area contributed by atoms with E-state index in [4.69, 9.17) is 5.73 Å². The molecular weight excluding hydrogens is 234 g/mol. The summed E-state index contributed by atoms with van der Waals surface area (Å²) in [6.07, 6.45) is 7.50. The molecule has 2 aromatic heterocycles. The molecule has 1 aliphatic carbocycles. The molecule has 0 saturated heterocycles. The molecule has 4 rings (SSSR count). The molecule has 96 valence electrons. The number of aromatic amines is 1. The maximum atomic E-state index is 6.01. The Morgan fingerprint density at radius 2 is 2.00 bits per heavy atom. The third kappa shape index (κ3) is 1.45. The number of pyridine rings is 1. The second-order valence-corrected chi connectivity index (χ2v) is 5.64. The van der Waals surface area contributed by atoms with Crippen molar-refractivity contribution in [1.29, 1.82) is 0 Å². The molecule has 3 aromatic rings. The normalized spacial score (nSPS) is 17.7. The lowest BCUT2D eigenvalue weighted by Crippen LogP contribution is -2.41. The first kappa shape index (κ1) is 11.0. The summed E-state index contributed by atoms with van der Waals surface area (Å²) in [6, 6.07) is 8.75. The lowest BCUT2D eigenvalue weighted by Gasteiger charge is -2.41. The maximum absolute atomic E-state index is 6.01. The number of H-pyrrole nitrogens is 1. The van der Waals surface area contributed by atoms with Crippen LogP contribution in [0.5, 0.6) is 0 Å². The van der Waals surface area contributed by atoms with Crippen molar-refractivity contribution in [1.82, 2.24) is 9.97 Å². The predicted octanol–water partition coefficient (Wildman–Crippen LogP) is 3.10. The van der Waals surface area contributed by atoms with Crippen LogP contribution in [0.1, 0.15) is 24.8 Å². The lowest BCUT2D eigenvalue weighted by molar-refractivity contribution is 0.253.